The second-order valence-electron chi connectivity index (χ2n) is 4.29. The van der Waals surface area contributed by atoms with Gasteiger partial charge in [0.25, 0.3) is 5.89 Å². The molecule has 1 aromatic carbocycles. The van der Waals surface area contributed by atoms with Crippen LogP contribution in [0.3, 0.4) is 0 Å². The van der Waals surface area contributed by atoms with Gasteiger partial charge in [0.15, 0.2) is 5.13 Å². The lowest BCUT2D eigenvalue weighted by molar-refractivity contribution is 0.0683. The summed E-state index contributed by atoms with van der Waals surface area (Å²) in [6, 6.07) is 5.74. The van der Waals surface area contributed by atoms with Gasteiger partial charge in [-0.2, -0.15) is 4.98 Å². The Morgan fingerprint density at radius 3 is 3.05 bits per heavy atom. The van der Waals surface area contributed by atoms with Gasteiger partial charge < -0.3 is 15.0 Å². The van der Waals surface area contributed by atoms with Crippen molar-refractivity contribution < 1.29 is 9.26 Å². The summed E-state index contributed by atoms with van der Waals surface area (Å²) in [5, 5.41) is 4.50. The van der Waals surface area contributed by atoms with Gasteiger partial charge in [-0.05, 0) is 32.0 Å². The summed E-state index contributed by atoms with van der Waals surface area (Å²) in [5.74, 6) is 1.02. The second-order valence-corrected chi connectivity index (χ2v) is 5.35. The molecule has 0 saturated carbocycles. The van der Waals surface area contributed by atoms with Crippen LogP contribution in [0.2, 0.25) is 0 Å². The van der Waals surface area contributed by atoms with Crippen molar-refractivity contribution in [1.29, 1.82) is 0 Å². The number of fused-ring (bicyclic) bond motifs is 1. The summed E-state index contributed by atoms with van der Waals surface area (Å²) in [6.07, 6.45) is -0.180. The molecule has 104 valence electrons. The molecule has 0 bridgehead atoms. The molecule has 0 aliphatic heterocycles. The molecule has 0 fully saturated rings. The average Bonchev–Trinajstić information content (AvgIpc) is 3.02. The van der Waals surface area contributed by atoms with Crippen LogP contribution in [-0.4, -0.2) is 21.7 Å². The molecular formula is C13H14N4O2S. The highest BCUT2D eigenvalue weighted by molar-refractivity contribution is 7.22. The molecular weight excluding hydrogens is 276 g/mol. The first-order valence-corrected chi connectivity index (χ1v) is 7.10. The highest BCUT2D eigenvalue weighted by atomic mass is 32.1. The van der Waals surface area contributed by atoms with E-state index in [2.05, 4.69) is 15.1 Å². The van der Waals surface area contributed by atoms with Crippen molar-refractivity contribution in [1.82, 2.24) is 15.1 Å². The minimum Gasteiger partial charge on any atom is -0.375 e. The maximum absolute atomic E-state index is 5.70. The first kappa shape index (κ1) is 13.0. The lowest BCUT2D eigenvalue weighted by Crippen LogP contribution is -2.01. The van der Waals surface area contributed by atoms with Crippen molar-refractivity contribution in [2.24, 2.45) is 0 Å². The highest BCUT2D eigenvalue weighted by Gasteiger charge is 2.15. The van der Waals surface area contributed by atoms with Crippen LogP contribution in [0.1, 0.15) is 25.8 Å². The van der Waals surface area contributed by atoms with E-state index >= 15 is 0 Å². The zero-order valence-corrected chi connectivity index (χ0v) is 12.0. The molecule has 2 aromatic heterocycles. The Labute approximate surface area is 119 Å². The molecule has 2 heterocycles. The fourth-order valence-corrected chi connectivity index (χ4v) is 2.69. The van der Waals surface area contributed by atoms with Gasteiger partial charge >= 0.3 is 0 Å². The van der Waals surface area contributed by atoms with Gasteiger partial charge in [-0.1, -0.05) is 16.5 Å². The number of hydrogen-bond donors (Lipinski definition) is 1. The minimum atomic E-state index is -0.180. The standard InChI is InChI=1S/C13H14N4O2S/c1-3-18-7(2)11-16-12(19-17-11)8-4-5-9-10(6-8)20-13(14)15-9/h4-7H,3H2,1-2H3,(H2,14,15). The van der Waals surface area contributed by atoms with Crippen molar-refractivity contribution in [3.63, 3.8) is 0 Å². The van der Waals surface area contributed by atoms with Gasteiger partial charge in [-0.25, -0.2) is 4.98 Å². The number of anilines is 1. The first-order valence-electron chi connectivity index (χ1n) is 6.29. The van der Waals surface area contributed by atoms with Crippen LogP contribution in [0.5, 0.6) is 0 Å². The Balaban J connectivity index is 1.94. The third kappa shape index (κ3) is 2.37. The van der Waals surface area contributed by atoms with E-state index in [1.165, 1.54) is 11.3 Å². The Hall–Kier alpha value is -1.99. The molecule has 20 heavy (non-hydrogen) atoms. The van der Waals surface area contributed by atoms with Crippen LogP contribution in [0, 0.1) is 0 Å². The minimum absolute atomic E-state index is 0.180. The molecule has 6 nitrogen and oxygen atoms in total. The van der Waals surface area contributed by atoms with Crippen molar-refractivity contribution in [3.8, 4) is 11.5 Å². The summed E-state index contributed by atoms with van der Waals surface area (Å²) in [5.41, 5.74) is 7.42. The number of ether oxygens (including phenoxy) is 1. The molecule has 0 amide bonds. The van der Waals surface area contributed by atoms with E-state index in [-0.39, 0.29) is 6.10 Å². The van der Waals surface area contributed by atoms with E-state index in [1.807, 2.05) is 32.0 Å². The molecule has 0 aliphatic rings. The van der Waals surface area contributed by atoms with Gasteiger partial charge in [-0.15, -0.1) is 0 Å². The van der Waals surface area contributed by atoms with E-state index in [0.29, 0.717) is 23.5 Å². The number of nitrogens with two attached hydrogens (primary N) is 1. The first-order chi connectivity index (χ1) is 9.67. The van der Waals surface area contributed by atoms with E-state index in [9.17, 15) is 0 Å². The monoisotopic (exact) mass is 290 g/mol. The Morgan fingerprint density at radius 2 is 2.25 bits per heavy atom. The third-order valence-electron chi connectivity index (χ3n) is 2.87. The van der Waals surface area contributed by atoms with Crippen LogP contribution in [0.4, 0.5) is 5.13 Å². The number of aromatic nitrogens is 3. The lowest BCUT2D eigenvalue weighted by Gasteiger charge is -2.04. The molecule has 3 aromatic rings. The van der Waals surface area contributed by atoms with Crippen LogP contribution in [0.15, 0.2) is 22.7 Å². The van der Waals surface area contributed by atoms with Crippen molar-refractivity contribution in [2.45, 2.75) is 20.0 Å². The van der Waals surface area contributed by atoms with Crippen LogP contribution in [0.25, 0.3) is 21.7 Å². The van der Waals surface area contributed by atoms with Crippen LogP contribution >= 0.6 is 11.3 Å². The number of hydrogen-bond acceptors (Lipinski definition) is 7. The van der Waals surface area contributed by atoms with Crippen LogP contribution in [-0.2, 0) is 4.74 Å². The highest BCUT2D eigenvalue weighted by Crippen LogP contribution is 2.29. The predicted molar refractivity (Wildman–Crippen MR) is 77.4 cm³/mol. The Morgan fingerprint density at radius 1 is 1.40 bits per heavy atom. The molecule has 1 unspecified atom stereocenters. The molecule has 0 spiro atoms. The largest absolute Gasteiger partial charge is 0.375 e. The van der Waals surface area contributed by atoms with E-state index in [1.54, 1.807) is 0 Å². The normalized spacial score (nSPS) is 12.9. The summed E-state index contributed by atoms with van der Waals surface area (Å²) in [6.45, 7) is 4.43. The van der Waals surface area contributed by atoms with Gasteiger partial charge in [0.2, 0.25) is 5.82 Å². The fourth-order valence-electron chi connectivity index (χ4n) is 1.92. The number of rotatable bonds is 4. The smallest absolute Gasteiger partial charge is 0.258 e. The van der Waals surface area contributed by atoms with Gasteiger partial charge in [0, 0.05) is 12.2 Å². The topological polar surface area (TPSA) is 87.1 Å². The van der Waals surface area contributed by atoms with Crippen LogP contribution < -0.4 is 5.73 Å². The molecule has 0 saturated heterocycles. The predicted octanol–water partition coefficient (Wildman–Crippen LogP) is 3.03. The quantitative estimate of drug-likeness (QED) is 0.794. The van der Waals surface area contributed by atoms with E-state index in [0.717, 1.165) is 15.8 Å². The van der Waals surface area contributed by atoms with E-state index < -0.39 is 0 Å². The average molecular weight is 290 g/mol. The number of benzene rings is 1. The van der Waals surface area contributed by atoms with E-state index in [4.69, 9.17) is 15.0 Å². The maximum atomic E-state index is 5.70. The summed E-state index contributed by atoms with van der Waals surface area (Å²) in [7, 11) is 0. The molecule has 0 aliphatic carbocycles. The van der Waals surface area contributed by atoms with Gasteiger partial charge in [0.1, 0.15) is 6.10 Å². The molecule has 2 N–H and O–H groups in total. The summed E-state index contributed by atoms with van der Waals surface area (Å²) >= 11 is 1.43. The number of nitrogens with zero attached hydrogens (tertiary/aromatic N) is 3. The molecule has 3 rings (SSSR count). The molecule has 0 radical (unpaired) electrons. The van der Waals surface area contributed by atoms with Crippen molar-refractivity contribution >= 4 is 26.7 Å². The SMILES string of the molecule is CCOC(C)c1noc(-c2ccc3nc(N)sc3c2)n1. The number of nitrogen functional groups attached to an aromatic ring is 1. The molecule has 1 atom stereocenters. The molecule has 7 heteroatoms. The van der Waals surface area contributed by atoms with Crippen molar-refractivity contribution in [2.75, 3.05) is 12.3 Å². The third-order valence-corrected chi connectivity index (χ3v) is 3.72. The zero-order valence-electron chi connectivity index (χ0n) is 11.2. The van der Waals surface area contributed by atoms with Crippen molar-refractivity contribution in [3.05, 3.63) is 24.0 Å². The number of thiazole rings is 1. The summed E-state index contributed by atoms with van der Waals surface area (Å²) < 4.78 is 11.7. The maximum Gasteiger partial charge on any atom is 0.258 e. The lowest BCUT2D eigenvalue weighted by atomic mass is 10.2. The Kier molecular flexibility index (Phi) is 3.37. The fraction of sp³-hybridized carbons (Fsp3) is 0.308. The van der Waals surface area contributed by atoms with Gasteiger partial charge in [0.05, 0.1) is 10.2 Å². The van der Waals surface area contributed by atoms with Gasteiger partial charge in [-0.3, -0.25) is 0 Å². The second kappa shape index (κ2) is 5.18. The summed E-state index contributed by atoms with van der Waals surface area (Å²) in [4.78, 5) is 8.58. The Bertz CT molecular complexity index is 737. The zero-order chi connectivity index (χ0) is 14.1.